The molecule has 0 radical (unpaired) electrons. The van der Waals surface area contributed by atoms with E-state index in [9.17, 15) is 0 Å². The van der Waals surface area contributed by atoms with Gasteiger partial charge in [-0.2, -0.15) is 0 Å². The predicted octanol–water partition coefficient (Wildman–Crippen LogP) is 3.77. The molecular formula is C12H11IO2. The van der Waals surface area contributed by atoms with E-state index in [1.165, 1.54) is 3.57 Å². The van der Waals surface area contributed by atoms with E-state index in [2.05, 4.69) is 22.6 Å². The molecule has 78 valence electrons. The van der Waals surface area contributed by atoms with Gasteiger partial charge in [-0.3, -0.25) is 0 Å². The first-order valence-electron chi connectivity index (χ1n) is 4.67. The number of aryl methyl sites for hydroxylation is 1. The van der Waals surface area contributed by atoms with E-state index in [4.69, 9.17) is 9.15 Å². The van der Waals surface area contributed by atoms with E-state index < -0.39 is 0 Å². The van der Waals surface area contributed by atoms with Crippen LogP contribution in [0, 0.1) is 10.5 Å². The van der Waals surface area contributed by atoms with E-state index in [0.29, 0.717) is 6.61 Å². The third-order valence-electron chi connectivity index (χ3n) is 2.17. The van der Waals surface area contributed by atoms with Gasteiger partial charge in [0.15, 0.2) is 0 Å². The van der Waals surface area contributed by atoms with E-state index in [0.717, 1.165) is 17.1 Å². The lowest BCUT2D eigenvalue weighted by Gasteiger charge is -2.04. The molecule has 0 unspecified atom stereocenters. The Kier molecular flexibility index (Phi) is 3.30. The molecule has 0 atom stereocenters. The van der Waals surface area contributed by atoms with Crippen LogP contribution in [0.25, 0.3) is 0 Å². The summed E-state index contributed by atoms with van der Waals surface area (Å²) in [6.07, 6.45) is 1.68. The van der Waals surface area contributed by atoms with E-state index in [1.54, 1.807) is 6.26 Å². The lowest BCUT2D eigenvalue weighted by molar-refractivity contribution is 0.303. The Balaban J connectivity index is 1.99. The summed E-state index contributed by atoms with van der Waals surface area (Å²) in [6, 6.07) is 9.92. The first kappa shape index (κ1) is 10.5. The van der Waals surface area contributed by atoms with Gasteiger partial charge in [0.05, 0.1) is 6.26 Å². The number of rotatable bonds is 3. The van der Waals surface area contributed by atoms with Crippen LogP contribution >= 0.6 is 22.6 Å². The number of furan rings is 1. The van der Waals surface area contributed by atoms with Crippen molar-refractivity contribution >= 4 is 22.6 Å². The fourth-order valence-electron chi connectivity index (χ4n) is 1.25. The van der Waals surface area contributed by atoms with Crippen LogP contribution in [0.2, 0.25) is 0 Å². The normalized spacial score (nSPS) is 10.3. The second-order valence-electron chi connectivity index (χ2n) is 3.24. The summed E-state index contributed by atoms with van der Waals surface area (Å²) >= 11 is 2.27. The van der Waals surface area contributed by atoms with Gasteiger partial charge in [0, 0.05) is 9.13 Å². The monoisotopic (exact) mass is 314 g/mol. The molecule has 2 nitrogen and oxygen atoms in total. The summed E-state index contributed by atoms with van der Waals surface area (Å²) in [7, 11) is 0. The predicted molar refractivity (Wildman–Crippen MR) is 66.9 cm³/mol. The maximum atomic E-state index is 5.62. The molecule has 2 aromatic rings. The minimum atomic E-state index is 0.558. The molecule has 0 bridgehead atoms. The summed E-state index contributed by atoms with van der Waals surface area (Å²) in [5, 5.41) is 0. The zero-order valence-corrected chi connectivity index (χ0v) is 10.5. The topological polar surface area (TPSA) is 22.4 Å². The highest BCUT2D eigenvalue weighted by molar-refractivity contribution is 14.1. The first-order chi connectivity index (χ1) is 7.25. The minimum Gasteiger partial charge on any atom is -0.489 e. The molecule has 1 aromatic carbocycles. The van der Waals surface area contributed by atoms with Crippen molar-refractivity contribution in [1.82, 2.24) is 0 Å². The van der Waals surface area contributed by atoms with Crippen LogP contribution in [0.4, 0.5) is 0 Å². The average Bonchev–Trinajstić information content (AvgIpc) is 2.63. The smallest absolute Gasteiger partial charge is 0.119 e. The summed E-state index contributed by atoms with van der Waals surface area (Å²) in [6.45, 7) is 2.50. The van der Waals surface area contributed by atoms with Crippen LogP contribution in [0.3, 0.4) is 0 Å². The zero-order chi connectivity index (χ0) is 10.7. The minimum absolute atomic E-state index is 0.558. The Morgan fingerprint density at radius 1 is 1.20 bits per heavy atom. The standard InChI is InChI=1S/C12H11IO2/c1-9-10(6-7-14-9)8-15-12-4-2-11(13)3-5-12/h2-7H,8H2,1H3. The largest absolute Gasteiger partial charge is 0.489 e. The van der Waals surface area contributed by atoms with Crippen molar-refractivity contribution in [3.63, 3.8) is 0 Å². The molecule has 0 spiro atoms. The van der Waals surface area contributed by atoms with Crippen LogP contribution in [0.15, 0.2) is 41.0 Å². The highest BCUT2D eigenvalue weighted by atomic mass is 127. The molecule has 0 aliphatic rings. The first-order valence-corrected chi connectivity index (χ1v) is 5.75. The van der Waals surface area contributed by atoms with Crippen molar-refractivity contribution < 1.29 is 9.15 Å². The van der Waals surface area contributed by atoms with Gasteiger partial charge >= 0.3 is 0 Å². The van der Waals surface area contributed by atoms with Crippen molar-refractivity contribution in [2.24, 2.45) is 0 Å². The summed E-state index contributed by atoms with van der Waals surface area (Å²) in [5.41, 5.74) is 1.09. The van der Waals surface area contributed by atoms with E-state index >= 15 is 0 Å². The Labute approximate surface area is 102 Å². The summed E-state index contributed by atoms with van der Waals surface area (Å²) < 4.78 is 12.0. The van der Waals surface area contributed by atoms with Crippen molar-refractivity contribution in [2.45, 2.75) is 13.5 Å². The van der Waals surface area contributed by atoms with Gasteiger partial charge in [0.2, 0.25) is 0 Å². The molecule has 3 heteroatoms. The zero-order valence-electron chi connectivity index (χ0n) is 8.37. The Hall–Kier alpha value is -0.970. The molecular weight excluding hydrogens is 303 g/mol. The summed E-state index contributed by atoms with van der Waals surface area (Å²) in [5.74, 6) is 1.80. The molecule has 1 aromatic heterocycles. The molecule has 15 heavy (non-hydrogen) atoms. The molecule has 0 aliphatic carbocycles. The maximum Gasteiger partial charge on any atom is 0.119 e. The molecule has 0 fully saturated rings. The Bertz CT molecular complexity index is 431. The third-order valence-corrected chi connectivity index (χ3v) is 2.89. The number of ether oxygens (including phenoxy) is 1. The fraction of sp³-hybridized carbons (Fsp3) is 0.167. The molecule has 1 heterocycles. The Morgan fingerprint density at radius 3 is 2.53 bits per heavy atom. The molecule has 2 rings (SSSR count). The molecule has 0 saturated carbocycles. The SMILES string of the molecule is Cc1occc1COc1ccc(I)cc1. The number of hydrogen-bond acceptors (Lipinski definition) is 2. The Morgan fingerprint density at radius 2 is 1.93 bits per heavy atom. The van der Waals surface area contributed by atoms with Crippen LogP contribution in [-0.4, -0.2) is 0 Å². The van der Waals surface area contributed by atoms with Crippen LogP contribution in [0.5, 0.6) is 5.75 Å². The lowest BCUT2D eigenvalue weighted by Crippen LogP contribution is -1.95. The number of hydrogen-bond donors (Lipinski definition) is 0. The molecule has 0 N–H and O–H groups in total. The van der Waals surface area contributed by atoms with Gasteiger partial charge in [-0.1, -0.05) is 0 Å². The van der Waals surface area contributed by atoms with E-state index in [1.807, 2.05) is 37.3 Å². The van der Waals surface area contributed by atoms with Gasteiger partial charge in [0.1, 0.15) is 18.1 Å². The molecule has 0 aliphatic heterocycles. The summed E-state index contributed by atoms with van der Waals surface area (Å²) in [4.78, 5) is 0. The second-order valence-corrected chi connectivity index (χ2v) is 4.49. The van der Waals surface area contributed by atoms with Crippen molar-refractivity contribution in [3.8, 4) is 5.75 Å². The van der Waals surface area contributed by atoms with Gasteiger partial charge in [-0.15, -0.1) is 0 Å². The van der Waals surface area contributed by atoms with Crippen molar-refractivity contribution in [1.29, 1.82) is 0 Å². The van der Waals surface area contributed by atoms with Gasteiger partial charge in [0.25, 0.3) is 0 Å². The van der Waals surface area contributed by atoms with Crippen molar-refractivity contribution in [2.75, 3.05) is 0 Å². The highest BCUT2D eigenvalue weighted by Gasteiger charge is 2.01. The number of benzene rings is 1. The lowest BCUT2D eigenvalue weighted by atomic mass is 10.3. The molecule has 0 saturated heterocycles. The van der Waals surface area contributed by atoms with Crippen molar-refractivity contribution in [3.05, 3.63) is 51.5 Å². The van der Waals surface area contributed by atoms with Crippen LogP contribution in [-0.2, 0) is 6.61 Å². The maximum absolute atomic E-state index is 5.62. The fourth-order valence-corrected chi connectivity index (χ4v) is 1.61. The van der Waals surface area contributed by atoms with Gasteiger partial charge < -0.3 is 9.15 Å². The quantitative estimate of drug-likeness (QED) is 0.805. The molecule has 0 amide bonds. The highest BCUT2D eigenvalue weighted by Crippen LogP contribution is 2.16. The second kappa shape index (κ2) is 4.70. The average molecular weight is 314 g/mol. The van der Waals surface area contributed by atoms with E-state index in [-0.39, 0.29) is 0 Å². The third kappa shape index (κ3) is 2.75. The van der Waals surface area contributed by atoms with Crippen LogP contribution in [0.1, 0.15) is 11.3 Å². The van der Waals surface area contributed by atoms with Gasteiger partial charge in [-0.25, -0.2) is 0 Å². The number of halogens is 1. The van der Waals surface area contributed by atoms with Crippen LogP contribution < -0.4 is 4.74 Å². The van der Waals surface area contributed by atoms with Gasteiger partial charge in [-0.05, 0) is 59.8 Å².